The maximum Gasteiger partial charge on any atom is 0.280 e. The first-order valence-corrected chi connectivity index (χ1v) is 4.12. The topological polar surface area (TPSA) is 27.7 Å². The van der Waals surface area contributed by atoms with Crippen LogP contribution in [0.4, 0.5) is 0 Å². The van der Waals surface area contributed by atoms with E-state index in [0.29, 0.717) is 6.61 Å². The molecule has 2 atom stereocenters. The molecule has 0 aliphatic carbocycles. The van der Waals surface area contributed by atoms with E-state index in [1.54, 1.807) is 0 Å². The molecule has 0 spiro atoms. The zero-order valence-electron chi connectivity index (χ0n) is 7.42. The van der Waals surface area contributed by atoms with Crippen molar-refractivity contribution in [2.75, 3.05) is 13.2 Å². The average Bonchev–Trinajstić information content (AvgIpc) is 1.86. The lowest BCUT2D eigenvalue weighted by Gasteiger charge is -2.36. The summed E-state index contributed by atoms with van der Waals surface area (Å²) in [5.41, 5.74) is 0. The molecule has 1 saturated heterocycles. The summed E-state index contributed by atoms with van der Waals surface area (Å²) in [7, 11) is 0. The van der Waals surface area contributed by atoms with E-state index in [4.69, 9.17) is 14.2 Å². The predicted octanol–water partition coefficient (Wildman–Crippen LogP) is 1.52. The fourth-order valence-electron chi connectivity index (χ4n) is 1.21. The summed E-state index contributed by atoms with van der Waals surface area (Å²) in [6, 6.07) is 0. The normalized spacial score (nSPS) is 39.0. The van der Waals surface area contributed by atoms with E-state index in [1.807, 2.05) is 20.8 Å². The molecular weight excluding hydrogens is 144 g/mol. The Bertz CT molecular complexity index is 123. The average molecular weight is 160 g/mol. The molecule has 1 rings (SSSR count). The minimum atomic E-state index is -0.799. The summed E-state index contributed by atoms with van der Waals surface area (Å²) in [4.78, 5) is 0. The highest BCUT2D eigenvalue weighted by Crippen LogP contribution is 2.23. The highest BCUT2D eigenvalue weighted by molar-refractivity contribution is 4.61. The van der Waals surface area contributed by atoms with Crippen LogP contribution in [0.25, 0.3) is 0 Å². The quantitative estimate of drug-likeness (QED) is 0.613. The van der Waals surface area contributed by atoms with Crippen molar-refractivity contribution in [3.63, 3.8) is 0 Å². The van der Waals surface area contributed by atoms with Gasteiger partial charge in [-0.2, -0.15) is 0 Å². The third-order valence-electron chi connectivity index (χ3n) is 1.71. The molecule has 0 saturated carbocycles. The Kier molecular flexibility index (Phi) is 2.87. The van der Waals surface area contributed by atoms with E-state index in [0.717, 1.165) is 13.0 Å². The number of hydrogen-bond acceptors (Lipinski definition) is 3. The van der Waals surface area contributed by atoms with Crippen LogP contribution >= 0.6 is 0 Å². The number of rotatable bonds is 2. The summed E-state index contributed by atoms with van der Waals surface area (Å²) >= 11 is 0. The lowest BCUT2D eigenvalue weighted by Crippen LogP contribution is -2.43. The van der Waals surface area contributed by atoms with Crippen molar-refractivity contribution >= 4 is 0 Å². The lowest BCUT2D eigenvalue weighted by atomic mass is 10.3. The van der Waals surface area contributed by atoms with Crippen LogP contribution in [0.15, 0.2) is 0 Å². The Morgan fingerprint density at radius 1 is 1.64 bits per heavy atom. The van der Waals surface area contributed by atoms with Crippen LogP contribution in [0.5, 0.6) is 0 Å². The van der Waals surface area contributed by atoms with Crippen LogP contribution in [0, 0.1) is 0 Å². The zero-order valence-corrected chi connectivity index (χ0v) is 7.42. The second kappa shape index (κ2) is 3.52. The first-order chi connectivity index (χ1) is 5.16. The smallest absolute Gasteiger partial charge is 0.280 e. The Balaban J connectivity index is 2.41. The summed E-state index contributed by atoms with van der Waals surface area (Å²) in [5.74, 6) is -0.799. The summed E-state index contributed by atoms with van der Waals surface area (Å²) in [5, 5.41) is 0. The van der Waals surface area contributed by atoms with E-state index >= 15 is 0 Å². The molecular formula is C8H16O3. The molecule has 3 nitrogen and oxygen atoms in total. The molecule has 11 heavy (non-hydrogen) atoms. The van der Waals surface area contributed by atoms with E-state index in [-0.39, 0.29) is 6.10 Å². The second-order valence-electron chi connectivity index (χ2n) is 2.86. The standard InChI is InChI=1S/C8H16O3/c1-4-9-8(3)10-6-5-7(2)11-8/h7H,4-6H2,1-3H3. The molecule has 0 aromatic rings. The fraction of sp³-hybridized carbons (Fsp3) is 1.00. The maximum absolute atomic E-state index is 5.47. The zero-order chi connectivity index (χ0) is 8.32. The van der Waals surface area contributed by atoms with E-state index in [9.17, 15) is 0 Å². The molecule has 2 unspecified atom stereocenters. The van der Waals surface area contributed by atoms with Crippen molar-refractivity contribution in [2.45, 2.75) is 39.3 Å². The molecule has 0 aromatic carbocycles. The largest absolute Gasteiger partial charge is 0.328 e. The monoisotopic (exact) mass is 160 g/mol. The highest BCUT2D eigenvalue weighted by Gasteiger charge is 2.32. The Labute approximate surface area is 67.6 Å². The molecule has 1 aliphatic rings. The van der Waals surface area contributed by atoms with Gasteiger partial charge in [-0.25, -0.2) is 0 Å². The third kappa shape index (κ3) is 2.43. The van der Waals surface area contributed by atoms with Crippen molar-refractivity contribution in [3.05, 3.63) is 0 Å². The van der Waals surface area contributed by atoms with E-state index in [2.05, 4.69) is 0 Å². The second-order valence-corrected chi connectivity index (χ2v) is 2.86. The van der Waals surface area contributed by atoms with Crippen molar-refractivity contribution in [2.24, 2.45) is 0 Å². The van der Waals surface area contributed by atoms with Gasteiger partial charge in [0.15, 0.2) is 0 Å². The summed E-state index contributed by atoms with van der Waals surface area (Å²) in [6.45, 7) is 7.10. The van der Waals surface area contributed by atoms with Crippen LogP contribution in [0.1, 0.15) is 27.2 Å². The van der Waals surface area contributed by atoms with Crippen molar-refractivity contribution in [3.8, 4) is 0 Å². The Hall–Kier alpha value is -0.120. The number of hydrogen-bond donors (Lipinski definition) is 0. The van der Waals surface area contributed by atoms with E-state index in [1.165, 1.54) is 0 Å². The molecule has 1 aliphatic heterocycles. The Morgan fingerprint density at radius 3 is 2.91 bits per heavy atom. The van der Waals surface area contributed by atoms with Gasteiger partial charge in [-0.1, -0.05) is 0 Å². The van der Waals surface area contributed by atoms with Gasteiger partial charge < -0.3 is 14.2 Å². The van der Waals surface area contributed by atoms with Gasteiger partial charge in [-0.15, -0.1) is 0 Å². The van der Waals surface area contributed by atoms with Crippen LogP contribution < -0.4 is 0 Å². The molecule has 66 valence electrons. The van der Waals surface area contributed by atoms with Crippen LogP contribution in [-0.4, -0.2) is 25.3 Å². The fourth-order valence-corrected chi connectivity index (χ4v) is 1.21. The molecule has 0 radical (unpaired) electrons. The van der Waals surface area contributed by atoms with Crippen molar-refractivity contribution in [1.82, 2.24) is 0 Å². The van der Waals surface area contributed by atoms with Gasteiger partial charge in [0, 0.05) is 13.5 Å². The van der Waals surface area contributed by atoms with Gasteiger partial charge in [-0.3, -0.25) is 0 Å². The van der Waals surface area contributed by atoms with Crippen LogP contribution in [0.3, 0.4) is 0 Å². The molecule has 0 amide bonds. The van der Waals surface area contributed by atoms with Gasteiger partial charge in [0.25, 0.3) is 5.97 Å². The molecule has 3 heteroatoms. The molecule has 0 N–H and O–H groups in total. The minimum Gasteiger partial charge on any atom is -0.328 e. The molecule has 1 fully saturated rings. The number of ether oxygens (including phenoxy) is 3. The third-order valence-corrected chi connectivity index (χ3v) is 1.71. The van der Waals surface area contributed by atoms with Crippen molar-refractivity contribution < 1.29 is 14.2 Å². The first kappa shape index (κ1) is 8.97. The summed E-state index contributed by atoms with van der Waals surface area (Å²) in [6.07, 6.45) is 1.18. The van der Waals surface area contributed by atoms with Gasteiger partial charge in [0.2, 0.25) is 0 Å². The Morgan fingerprint density at radius 2 is 2.36 bits per heavy atom. The maximum atomic E-state index is 5.47. The van der Waals surface area contributed by atoms with Gasteiger partial charge in [-0.05, 0) is 20.3 Å². The van der Waals surface area contributed by atoms with Crippen molar-refractivity contribution in [1.29, 1.82) is 0 Å². The predicted molar refractivity (Wildman–Crippen MR) is 41.1 cm³/mol. The first-order valence-electron chi connectivity index (χ1n) is 4.12. The molecule has 0 aromatic heterocycles. The van der Waals surface area contributed by atoms with E-state index < -0.39 is 5.97 Å². The molecule has 0 bridgehead atoms. The van der Waals surface area contributed by atoms with Gasteiger partial charge in [0.1, 0.15) is 0 Å². The molecule has 1 heterocycles. The van der Waals surface area contributed by atoms with Gasteiger partial charge >= 0.3 is 0 Å². The van der Waals surface area contributed by atoms with Gasteiger partial charge in [0.05, 0.1) is 12.7 Å². The SMILES string of the molecule is CCOC1(C)OCCC(C)O1. The summed E-state index contributed by atoms with van der Waals surface area (Å²) < 4.78 is 16.1. The lowest BCUT2D eigenvalue weighted by molar-refractivity contribution is -0.402. The highest BCUT2D eigenvalue weighted by atomic mass is 16.9. The van der Waals surface area contributed by atoms with Crippen LogP contribution in [-0.2, 0) is 14.2 Å². The minimum absolute atomic E-state index is 0.236. The van der Waals surface area contributed by atoms with Crippen LogP contribution in [0.2, 0.25) is 0 Å².